The Morgan fingerprint density at radius 3 is 2.71 bits per heavy atom. The maximum absolute atomic E-state index is 5.85. The smallest absolute Gasteiger partial charge is 0.119 e. The molecule has 4 heteroatoms. The highest BCUT2D eigenvalue weighted by Crippen LogP contribution is 2.21. The van der Waals surface area contributed by atoms with Gasteiger partial charge in [-0.25, -0.2) is 0 Å². The predicted molar refractivity (Wildman–Crippen MR) is 71.5 cm³/mol. The molecule has 0 aliphatic carbocycles. The Balaban J connectivity index is 1.74. The molecule has 1 aromatic rings. The third kappa shape index (κ3) is 3.98. The molecule has 1 heterocycles. The first kappa shape index (κ1) is 12.9. The monoisotopic (exact) mass is 299 g/mol. The van der Waals surface area contributed by atoms with Crippen LogP contribution in [-0.4, -0.2) is 32.4 Å². The highest BCUT2D eigenvalue weighted by molar-refractivity contribution is 9.10. The highest BCUT2D eigenvalue weighted by atomic mass is 79.9. The van der Waals surface area contributed by atoms with Gasteiger partial charge in [-0.2, -0.15) is 0 Å². The van der Waals surface area contributed by atoms with E-state index in [9.17, 15) is 0 Å². The lowest BCUT2D eigenvalue weighted by Crippen LogP contribution is -2.25. The Morgan fingerprint density at radius 2 is 2.00 bits per heavy atom. The number of benzene rings is 1. The fraction of sp³-hybridized carbons (Fsp3) is 0.538. The van der Waals surface area contributed by atoms with Crippen LogP contribution >= 0.6 is 15.9 Å². The van der Waals surface area contributed by atoms with Gasteiger partial charge in [-0.3, -0.25) is 0 Å². The van der Waals surface area contributed by atoms with Gasteiger partial charge in [0.1, 0.15) is 12.4 Å². The first-order valence-electron chi connectivity index (χ1n) is 5.96. The SMILES string of the molecule is CNCC1CCC(COc2ccc(Br)cc2)O1. The molecule has 2 unspecified atom stereocenters. The van der Waals surface area contributed by atoms with Crippen molar-refractivity contribution in [2.45, 2.75) is 25.0 Å². The van der Waals surface area contributed by atoms with E-state index in [1.165, 1.54) is 0 Å². The molecular weight excluding hydrogens is 282 g/mol. The van der Waals surface area contributed by atoms with Gasteiger partial charge in [0.15, 0.2) is 0 Å². The van der Waals surface area contributed by atoms with Crippen molar-refractivity contribution in [3.05, 3.63) is 28.7 Å². The van der Waals surface area contributed by atoms with Crippen molar-refractivity contribution < 1.29 is 9.47 Å². The molecule has 1 saturated heterocycles. The second-order valence-corrected chi connectivity index (χ2v) is 5.20. The second-order valence-electron chi connectivity index (χ2n) is 4.28. The fourth-order valence-electron chi connectivity index (χ4n) is 2.00. The topological polar surface area (TPSA) is 30.5 Å². The summed E-state index contributed by atoms with van der Waals surface area (Å²) >= 11 is 3.40. The standard InChI is InChI=1S/C13H18BrNO2/c1-15-8-12-6-7-13(17-12)9-16-11-4-2-10(14)3-5-11/h2-5,12-13,15H,6-9H2,1H3. The summed E-state index contributed by atoms with van der Waals surface area (Å²) in [5.41, 5.74) is 0. The second kappa shape index (κ2) is 6.38. The van der Waals surface area contributed by atoms with Crippen LogP contribution in [0.15, 0.2) is 28.7 Å². The summed E-state index contributed by atoms with van der Waals surface area (Å²) in [5, 5.41) is 3.14. The van der Waals surface area contributed by atoms with Crippen LogP contribution in [0.1, 0.15) is 12.8 Å². The third-order valence-electron chi connectivity index (χ3n) is 2.88. The van der Waals surface area contributed by atoms with Gasteiger partial charge in [-0.1, -0.05) is 15.9 Å². The Morgan fingerprint density at radius 1 is 1.29 bits per heavy atom. The van der Waals surface area contributed by atoms with Crippen LogP contribution in [0.4, 0.5) is 0 Å². The fourth-order valence-corrected chi connectivity index (χ4v) is 2.26. The maximum Gasteiger partial charge on any atom is 0.119 e. The largest absolute Gasteiger partial charge is 0.491 e. The van der Waals surface area contributed by atoms with Crippen LogP contribution in [0.5, 0.6) is 5.75 Å². The summed E-state index contributed by atoms with van der Waals surface area (Å²) in [7, 11) is 1.95. The molecule has 1 aromatic carbocycles. The number of hydrogen-bond acceptors (Lipinski definition) is 3. The van der Waals surface area contributed by atoms with Crippen LogP contribution in [0.3, 0.4) is 0 Å². The van der Waals surface area contributed by atoms with Gasteiger partial charge < -0.3 is 14.8 Å². The Labute approximate surface area is 111 Å². The lowest BCUT2D eigenvalue weighted by molar-refractivity contribution is 0.0193. The zero-order valence-corrected chi connectivity index (χ0v) is 11.6. The van der Waals surface area contributed by atoms with Gasteiger partial charge in [0.25, 0.3) is 0 Å². The number of rotatable bonds is 5. The Bertz CT molecular complexity index is 342. The van der Waals surface area contributed by atoms with Crippen molar-refractivity contribution in [1.29, 1.82) is 0 Å². The van der Waals surface area contributed by atoms with Crippen LogP contribution < -0.4 is 10.1 Å². The molecule has 0 aromatic heterocycles. The summed E-state index contributed by atoms with van der Waals surface area (Å²) in [6.07, 6.45) is 2.79. The lowest BCUT2D eigenvalue weighted by Gasteiger charge is -2.14. The van der Waals surface area contributed by atoms with Crippen molar-refractivity contribution in [2.75, 3.05) is 20.2 Å². The maximum atomic E-state index is 5.85. The van der Waals surface area contributed by atoms with Gasteiger partial charge in [-0.05, 0) is 44.2 Å². The van der Waals surface area contributed by atoms with Crippen molar-refractivity contribution in [3.8, 4) is 5.75 Å². The van der Waals surface area contributed by atoms with E-state index >= 15 is 0 Å². The summed E-state index contributed by atoms with van der Waals surface area (Å²) in [4.78, 5) is 0. The zero-order valence-electron chi connectivity index (χ0n) is 9.99. The molecule has 2 atom stereocenters. The van der Waals surface area contributed by atoms with E-state index in [4.69, 9.17) is 9.47 Å². The third-order valence-corrected chi connectivity index (χ3v) is 3.41. The minimum Gasteiger partial charge on any atom is -0.491 e. The number of halogens is 1. The molecular formula is C13H18BrNO2. The van der Waals surface area contributed by atoms with Crippen LogP contribution in [-0.2, 0) is 4.74 Å². The molecule has 1 fully saturated rings. The molecule has 3 nitrogen and oxygen atoms in total. The van der Waals surface area contributed by atoms with Gasteiger partial charge >= 0.3 is 0 Å². The highest BCUT2D eigenvalue weighted by Gasteiger charge is 2.24. The molecule has 94 valence electrons. The average Bonchev–Trinajstić information content (AvgIpc) is 2.77. The van der Waals surface area contributed by atoms with Crippen LogP contribution in [0.25, 0.3) is 0 Å². The van der Waals surface area contributed by atoms with Crippen molar-refractivity contribution in [3.63, 3.8) is 0 Å². The predicted octanol–water partition coefficient (Wildman–Crippen LogP) is 2.59. The van der Waals surface area contributed by atoms with Gasteiger partial charge in [0, 0.05) is 11.0 Å². The molecule has 2 rings (SSSR count). The van der Waals surface area contributed by atoms with E-state index in [2.05, 4.69) is 21.2 Å². The molecule has 0 saturated carbocycles. The normalized spacial score (nSPS) is 23.9. The summed E-state index contributed by atoms with van der Waals surface area (Å²) in [6, 6.07) is 7.89. The summed E-state index contributed by atoms with van der Waals surface area (Å²) < 4.78 is 12.6. The Hall–Kier alpha value is -0.580. The van der Waals surface area contributed by atoms with Crippen LogP contribution in [0.2, 0.25) is 0 Å². The lowest BCUT2D eigenvalue weighted by atomic mass is 10.2. The summed E-state index contributed by atoms with van der Waals surface area (Å²) in [5.74, 6) is 0.897. The van der Waals surface area contributed by atoms with E-state index in [0.717, 1.165) is 29.6 Å². The Kier molecular flexibility index (Phi) is 4.83. The van der Waals surface area contributed by atoms with E-state index in [1.54, 1.807) is 0 Å². The molecule has 0 spiro atoms. The minimum atomic E-state index is 0.233. The molecule has 17 heavy (non-hydrogen) atoms. The van der Waals surface area contributed by atoms with E-state index in [0.29, 0.717) is 12.7 Å². The number of hydrogen-bond donors (Lipinski definition) is 1. The van der Waals surface area contributed by atoms with Crippen LogP contribution in [0, 0.1) is 0 Å². The van der Waals surface area contributed by atoms with E-state index < -0.39 is 0 Å². The van der Waals surface area contributed by atoms with Gasteiger partial charge in [0.05, 0.1) is 12.2 Å². The summed E-state index contributed by atoms with van der Waals surface area (Å²) in [6.45, 7) is 1.57. The molecule has 1 aliphatic heterocycles. The quantitative estimate of drug-likeness (QED) is 0.906. The zero-order chi connectivity index (χ0) is 12.1. The first-order valence-corrected chi connectivity index (χ1v) is 6.75. The van der Waals surface area contributed by atoms with Crippen molar-refractivity contribution in [1.82, 2.24) is 5.32 Å². The number of ether oxygens (including phenoxy) is 2. The van der Waals surface area contributed by atoms with Gasteiger partial charge in [-0.15, -0.1) is 0 Å². The number of nitrogens with one attached hydrogen (secondary N) is 1. The average molecular weight is 300 g/mol. The molecule has 0 radical (unpaired) electrons. The van der Waals surface area contributed by atoms with Crippen molar-refractivity contribution >= 4 is 15.9 Å². The van der Waals surface area contributed by atoms with Crippen molar-refractivity contribution in [2.24, 2.45) is 0 Å². The van der Waals surface area contributed by atoms with Gasteiger partial charge in [0.2, 0.25) is 0 Å². The molecule has 0 bridgehead atoms. The first-order chi connectivity index (χ1) is 8.28. The minimum absolute atomic E-state index is 0.233. The van der Waals surface area contributed by atoms with E-state index in [1.807, 2.05) is 31.3 Å². The molecule has 1 aliphatic rings. The molecule has 0 amide bonds. The van der Waals surface area contributed by atoms with E-state index in [-0.39, 0.29) is 6.10 Å². The molecule has 1 N–H and O–H groups in total. The number of likely N-dealkylation sites (N-methyl/N-ethyl adjacent to an activating group) is 1.